The number of nitrogens with zero attached hydrogens (tertiary/aromatic N) is 2. The predicted octanol–water partition coefficient (Wildman–Crippen LogP) is 1.12. The van der Waals surface area contributed by atoms with E-state index < -0.39 is 15.9 Å². The van der Waals surface area contributed by atoms with Gasteiger partial charge >= 0.3 is 0 Å². The second-order valence-corrected chi connectivity index (χ2v) is 8.84. The summed E-state index contributed by atoms with van der Waals surface area (Å²) in [6.07, 6.45) is 0.593. The minimum atomic E-state index is -3.78. The zero-order valence-corrected chi connectivity index (χ0v) is 16.6. The van der Waals surface area contributed by atoms with Crippen LogP contribution in [0.15, 0.2) is 39.1 Å². The standard InChI is InChI=1S/C17H20N4O4S2/c1-3-14-10(2)19-17-21(16(14)23)8-11(9-26-17)15(22)20-12-4-6-13(7-5-12)27(18,24)25/h4-7,11H,3,8-9H2,1-2H3,(H,20,22)(H2,18,24,25). The van der Waals surface area contributed by atoms with Gasteiger partial charge in [0.2, 0.25) is 15.9 Å². The van der Waals surface area contributed by atoms with E-state index >= 15 is 0 Å². The van der Waals surface area contributed by atoms with Gasteiger partial charge in [0.05, 0.1) is 10.8 Å². The van der Waals surface area contributed by atoms with Crippen LogP contribution in [0.2, 0.25) is 0 Å². The van der Waals surface area contributed by atoms with Crippen LogP contribution in [-0.2, 0) is 27.8 Å². The first-order valence-corrected chi connectivity index (χ1v) is 10.9. The molecule has 1 aromatic heterocycles. The van der Waals surface area contributed by atoms with Crippen molar-refractivity contribution in [3.05, 3.63) is 45.9 Å². The van der Waals surface area contributed by atoms with E-state index in [9.17, 15) is 18.0 Å². The third kappa shape index (κ3) is 4.07. The van der Waals surface area contributed by atoms with Crippen molar-refractivity contribution in [2.45, 2.75) is 36.9 Å². The molecule has 1 unspecified atom stereocenters. The maximum Gasteiger partial charge on any atom is 0.257 e. The van der Waals surface area contributed by atoms with Crippen molar-refractivity contribution in [3.63, 3.8) is 0 Å². The fraction of sp³-hybridized carbons (Fsp3) is 0.353. The molecule has 0 bridgehead atoms. The van der Waals surface area contributed by atoms with E-state index in [2.05, 4.69) is 10.3 Å². The lowest BCUT2D eigenvalue weighted by Gasteiger charge is -2.25. The van der Waals surface area contributed by atoms with Crippen molar-refractivity contribution < 1.29 is 13.2 Å². The molecule has 1 aliphatic rings. The number of carbonyl (C=O) groups excluding carboxylic acids is 1. The highest BCUT2D eigenvalue weighted by Gasteiger charge is 2.28. The number of nitrogens with one attached hydrogen (secondary N) is 1. The smallest absolute Gasteiger partial charge is 0.257 e. The second kappa shape index (κ2) is 7.45. The number of anilines is 1. The number of thioether (sulfide) groups is 1. The molecule has 1 atom stereocenters. The maximum atomic E-state index is 12.6. The molecule has 3 rings (SSSR count). The molecule has 1 aliphatic heterocycles. The number of aryl methyl sites for hydroxylation is 1. The molecule has 8 nitrogen and oxygen atoms in total. The van der Waals surface area contributed by atoms with Gasteiger partial charge in [0, 0.05) is 29.2 Å². The van der Waals surface area contributed by atoms with Gasteiger partial charge in [-0.1, -0.05) is 18.7 Å². The first-order chi connectivity index (χ1) is 12.7. The summed E-state index contributed by atoms with van der Waals surface area (Å²) in [5.41, 5.74) is 1.77. The quantitative estimate of drug-likeness (QED) is 0.731. The van der Waals surface area contributed by atoms with Crippen molar-refractivity contribution in [2.24, 2.45) is 11.1 Å². The lowest BCUT2D eigenvalue weighted by molar-refractivity contribution is -0.119. The maximum absolute atomic E-state index is 12.6. The summed E-state index contributed by atoms with van der Waals surface area (Å²) in [6, 6.07) is 5.63. The summed E-state index contributed by atoms with van der Waals surface area (Å²) in [6.45, 7) is 4.00. The third-order valence-corrected chi connectivity index (χ3v) is 6.49. The van der Waals surface area contributed by atoms with Crippen LogP contribution in [0.4, 0.5) is 5.69 Å². The summed E-state index contributed by atoms with van der Waals surface area (Å²) in [7, 11) is -3.78. The summed E-state index contributed by atoms with van der Waals surface area (Å²) < 4.78 is 24.1. The SMILES string of the molecule is CCc1c(C)nc2n(c1=O)CC(C(=O)Nc1ccc(S(N)(=O)=O)cc1)CS2. The van der Waals surface area contributed by atoms with E-state index in [4.69, 9.17) is 5.14 Å². The van der Waals surface area contributed by atoms with Crippen molar-refractivity contribution >= 4 is 33.4 Å². The number of sulfonamides is 1. The summed E-state index contributed by atoms with van der Waals surface area (Å²) in [4.78, 5) is 29.7. The van der Waals surface area contributed by atoms with E-state index in [1.807, 2.05) is 13.8 Å². The molecule has 0 radical (unpaired) electrons. The monoisotopic (exact) mass is 408 g/mol. The fourth-order valence-corrected chi connectivity index (χ4v) is 4.57. The van der Waals surface area contributed by atoms with E-state index in [1.165, 1.54) is 36.0 Å². The Labute approximate surface area is 161 Å². The molecule has 144 valence electrons. The Balaban J connectivity index is 1.77. The second-order valence-electron chi connectivity index (χ2n) is 6.29. The molecule has 2 heterocycles. The molecule has 0 saturated heterocycles. The van der Waals surface area contributed by atoms with Gasteiger partial charge < -0.3 is 5.32 Å². The Bertz CT molecular complexity index is 1050. The van der Waals surface area contributed by atoms with Crippen molar-refractivity contribution in [1.29, 1.82) is 0 Å². The minimum Gasteiger partial charge on any atom is -0.326 e. The Hall–Kier alpha value is -2.17. The van der Waals surface area contributed by atoms with E-state index in [0.29, 0.717) is 28.6 Å². The van der Waals surface area contributed by atoms with Crippen molar-refractivity contribution in [2.75, 3.05) is 11.1 Å². The number of amides is 1. The van der Waals surface area contributed by atoms with Gasteiger partial charge in [-0.15, -0.1) is 0 Å². The molecule has 3 N–H and O–H groups in total. The number of fused-ring (bicyclic) bond motifs is 1. The lowest BCUT2D eigenvalue weighted by Crippen LogP contribution is -2.38. The number of benzene rings is 1. The highest BCUT2D eigenvalue weighted by atomic mass is 32.2. The van der Waals surface area contributed by atoms with Crippen LogP contribution in [0.25, 0.3) is 0 Å². The van der Waals surface area contributed by atoms with Gasteiger partial charge in [0.1, 0.15) is 0 Å². The van der Waals surface area contributed by atoms with Crippen LogP contribution >= 0.6 is 11.8 Å². The molecule has 0 saturated carbocycles. The number of carbonyl (C=O) groups is 1. The number of hydrogen-bond acceptors (Lipinski definition) is 6. The first kappa shape index (κ1) is 19.6. The van der Waals surface area contributed by atoms with Gasteiger partial charge in [0.25, 0.3) is 5.56 Å². The predicted molar refractivity (Wildman–Crippen MR) is 103 cm³/mol. The van der Waals surface area contributed by atoms with Gasteiger partial charge in [-0.25, -0.2) is 18.5 Å². The van der Waals surface area contributed by atoms with Gasteiger partial charge in [-0.2, -0.15) is 0 Å². The number of aromatic nitrogens is 2. The molecule has 0 aliphatic carbocycles. The Morgan fingerprint density at radius 3 is 2.63 bits per heavy atom. The van der Waals surface area contributed by atoms with Crippen molar-refractivity contribution in [3.8, 4) is 0 Å². The molecule has 0 fully saturated rings. The first-order valence-electron chi connectivity index (χ1n) is 8.37. The Morgan fingerprint density at radius 1 is 1.37 bits per heavy atom. The molecule has 2 aromatic rings. The number of hydrogen-bond donors (Lipinski definition) is 2. The van der Waals surface area contributed by atoms with Crippen LogP contribution in [0, 0.1) is 12.8 Å². The molecule has 1 amide bonds. The largest absolute Gasteiger partial charge is 0.326 e. The normalized spacial score (nSPS) is 16.6. The average molecular weight is 409 g/mol. The van der Waals surface area contributed by atoms with Crippen LogP contribution in [-0.4, -0.2) is 29.6 Å². The van der Waals surface area contributed by atoms with Crippen LogP contribution in [0.5, 0.6) is 0 Å². The minimum absolute atomic E-state index is 0.0252. The zero-order chi connectivity index (χ0) is 19.8. The lowest BCUT2D eigenvalue weighted by atomic mass is 10.1. The van der Waals surface area contributed by atoms with Gasteiger partial charge in [0.15, 0.2) is 5.16 Å². The molecular weight excluding hydrogens is 388 g/mol. The molecular formula is C17H20N4O4S2. The van der Waals surface area contributed by atoms with Gasteiger partial charge in [-0.05, 0) is 37.6 Å². The van der Waals surface area contributed by atoms with Gasteiger partial charge in [-0.3, -0.25) is 14.2 Å². The summed E-state index contributed by atoms with van der Waals surface area (Å²) in [5, 5.41) is 8.45. The number of nitrogens with two attached hydrogens (primary N) is 1. The van der Waals surface area contributed by atoms with Crippen LogP contribution in [0.3, 0.4) is 0 Å². The Morgan fingerprint density at radius 2 is 2.04 bits per heavy atom. The van der Waals surface area contributed by atoms with Crippen LogP contribution in [0.1, 0.15) is 18.2 Å². The highest BCUT2D eigenvalue weighted by molar-refractivity contribution is 7.99. The summed E-state index contributed by atoms with van der Waals surface area (Å²) >= 11 is 1.38. The topological polar surface area (TPSA) is 124 Å². The van der Waals surface area contributed by atoms with Crippen molar-refractivity contribution in [1.82, 2.24) is 9.55 Å². The van der Waals surface area contributed by atoms with Crippen LogP contribution < -0.4 is 16.0 Å². The molecule has 0 spiro atoms. The summed E-state index contributed by atoms with van der Waals surface area (Å²) in [5.74, 6) is -0.118. The highest BCUT2D eigenvalue weighted by Crippen LogP contribution is 2.27. The van der Waals surface area contributed by atoms with E-state index in [0.717, 1.165) is 5.69 Å². The van der Waals surface area contributed by atoms with E-state index in [1.54, 1.807) is 4.57 Å². The number of primary sulfonamides is 1. The third-order valence-electron chi connectivity index (χ3n) is 4.43. The molecule has 27 heavy (non-hydrogen) atoms. The fourth-order valence-electron chi connectivity index (χ4n) is 2.93. The molecule has 10 heteroatoms. The zero-order valence-electron chi connectivity index (χ0n) is 14.9. The number of rotatable bonds is 4. The van der Waals surface area contributed by atoms with E-state index in [-0.39, 0.29) is 22.9 Å². The molecule has 1 aromatic carbocycles. The Kier molecular flexibility index (Phi) is 5.41. The average Bonchev–Trinajstić information content (AvgIpc) is 2.61.